The fraction of sp³-hybridized carbons (Fsp3) is 0.400. The summed E-state index contributed by atoms with van der Waals surface area (Å²) < 4.78 is 1.61. The van der Waals surface area contributed by atoms with Gasteiger partial charge < -0.3 is 9.36 Å². The molecule has 0 atom stereocenters. The highest BCUT2D eigenvalue weighted by atomic mass is 16.1. The lowest BCUT2D eigenvalue weighted by molar-refractivity contribution is -0.117. The van der Waals surface area contributed by atoms with Gasteiger partial charge in [-0.25, -0.2) is 0 Å². The van der Waals surface area contributed by atoms with Gasteiger partial charge in [-0.3, -0.25) is 4.79 Å². The summed E-state index contributed by atoms with van der Waals surface area (Å²) >= 11 is 0. The van der Waals surface area contributed by atoms with E-state index in [0.29, 0.717) is 13.0 Å². The van der Waals surface area contributed by atoms with Crippen LogP contribution in [-0.2, 0) is 11.3 Å². The van der Waals surface area contributed by atoms with Crippen LogP contribution in [-0.4, -0.2) is 10.4 Å². The van der Waals surface area contributed by atoms with Crippen LogP contribution >= 0.6 is 0 Å². The second-order valence-electron chi connectivity index (χ2n) is 3.04. The van der Waals surface area contributed by atoms with Crippen LogP contribution in [0.2, 0.25) is 0 Å². The lowest BCUT2D eigenvalue weighted by atomic mass is 10.2. The number of carbonyl (C=O) groups excluding carboxylic acids is 1. The molecule has 0 spiro atoms. The Kier molecular flexibility index (Phi) is 3.43. The Bertz CT molecular complexity index is 341. The van der Waals surface area contributed by atoms with Crippen molar-refractivity contribution in [2.45, 2.75) is 26.3 Å². The fourth-order valence-corrected chi connectivity index (χ4v) is 1.14. The molecular weight excluding hydrogens is 166 g/mol. The number of Topliss-reactive ketones (excluding diaryl/α,β-unsaturated/α-hetero) is 1. The molecule has 0 bridgehead atoms. The predicted octanol–water partition coefficient (Wildman–Crippen LogP) is 1.22. The maximum Gasteiger partial charge on any atom is 0.250 e. The van der Waals surface area contributed by atoms with Crippen molar-refractivity contribution in [1.82, 2.24) is 4.57 Å². The third-order valence-electron chi connectivity index (χ3n) is 1.83. The normalized spacial score (nSPS) is 9.92. The van der Waals surface area contributed by atoms with Crippen LogP contribution in [0.4, 0.5) is 0 Å². The van der Waals surface area contributed by atoms with Crippen molar-refractivity contribution in [3.63, 3.8) is 0 Å². The summed E-state index contributed by atoms with van der Waals surface area (Å²) in [5.74, 6) is 0.170. The van der Waals surface area contributed by atoms with Crippen LogP contribution < -0.4 is 5.56 Å². The molecule has 0 aromatic carbocycles. The van der Waals surface area contributed by atoms with E-state index in [1.807, 2.05) is 6.07 Å². The summed E-state index contributed by atoms with van der Waals surface area (Å²) in [6, 6.07) is 5.05. The number of carbonyl (C=O) groups is 1. The van der Waals surface area contributed by atoms with Gasteiger partial charge in [-0.1, -0.05) is 6.07 Å². The summed E-state index contributed by atoms with van der Waals surface area (Å²) in [6.07, 6.45) is 3.02. The third kappa shape index (κ3) is 3.23. The molecule has 0 N–H and O–H groups in total. The van der Waals surface area contributed by atoms with Gasteiger partial charge in [0.2, 0.25) is 5.56 Å². The van der Waals surface area contributed by atoms with Crippen LogP contribution in [0.1, 0.15) is 19.8 Å². The first kappa shape index (κ1) is 9.71. The molecule has 0 radical (unpaired) electrons. The van der Waals surface area contributed by atoms with E-state index >= 15 is 0 Å². The van der Waals surface area contributed by atoms with Gasteiger partial charge in [0.25, 0.3) is 0 Å². The predicted molar refractivity (Wildman–Crippen MR) is 50.6 cm³/mol. The zero-order valence-electron chi connectivity index (χ0n) is 7.69. The number of aryl methyl sites for hydroxylation is 1. The van der Waals surface area contributed by atoms with Gasteiger partial charge in [0, 0.05) is 25.2 Å². The molecule has 0 fully saturated rings. The first-order chi connectivity index (χ1) is 6.20. The molecule has 0 aliphatic rings. The third-order valence-corrected chi connectivity index (χ3v) is 1.83. The second kappa shape index (κ2) is 4.60. The Labute approximate surface area is 77.0 Å². The number of rotatable bonds is 4. The topological polar surface area (TPSA) is 39.1 Å². The quantitative estimate of drug-likeness (QED) is 0.697. The fourth-order valence-electron chi connectivity index (χ4n) is 1.14. The average Bonchev–Trinajstić information content (AvgIpc) is 2.08. The van der Waals surface area contributed by atoms with E-state index in [2.05, 4.69) is 0 Å². The molecule has 13 heavy (non-hydrogen) atoms. The summed E-state index contributed by atoms with van der Waals surface area (Å²) in [4.78, 5) is 21.8. The van der Waals surface area contributed by atoms with Gasteiger partial charge in [-0.2, -0.15) is 0 Å². The van der Waals surface area contributed by atoms with E-state index < -0.39 is 0 Å². The van der Waals surface area contributed by atoms with Crippen LogP contribution in [0.25, 0.3) is 0 Å². The maximum atomic E-state index is 11.2. The van der Waals surface area contributed by atoms with Crippen LogP contribution in [0.15, 0.2) is 29.2 Å². The number of pyridine rings is 1. The molecule has 1 rings (SSSR count). The highest BCUT2D eigenvalue weighted by Gasteiger charge is 1.95. The SMILES string of the molecule is CC(=O)CCCn1ccccc1=O. The molecule has 70 valence electrons. The van der Waals surface area contributed by atoms with Gasteiger partial charge in [-0.15, -0.1) is 0 Å². The number of hydrogen-bond donors (Lipinski definition) is 0. The number of aromatic nitrogens is 1. The van der Waals surface area contributed by atoms with Crippen molar-refractivity contribution >= 4 is 5.78 Å². The minimum Gasteiger partial charge on any atom is -0.316 e. The van der Waals surface area contributed by atoms with E-state index in [1.54, 1.807) is 23.8 Å². The van der Waals surface area contributed by atoms with Crippen molar-refractivity contribution < 1.29 is 4.79 Å². The summed E-state index contributed by atoms with van der Waals surface area (Å²) in [7, 11) is 0. The van der Waals surface area contributed by atoms with Gasteiger partial charge in [0.15, 0.2) is 0 Å². The summed E-state index contributed by atoms with van der Waals surface area (Å²) in [5.41, 5.74) is -0.00829. The molecule has 1 heterocycles. The van der Waals surface area contributed by atoms with Crippen LogP contribution in [0.5, 0.6) is 0 Å². The Morgan fingerprint density at radius 1 is 1.46 bits per heavy atom. The van der Waals surface area contributed by atoms with Gasteiger partial charge in [0.05, 0.1) is 0 Å². The van der Waals surface area contributed by atoms with E-state index in [0.717, 1.165) is 6.42 Å². The summed E-state index contributed by atoms with van der Waals surface area (Å²) in [6.45, 7) is 2.19. The molecule has 3 nitrogen and oxygen atoms in total. The largest absolute Gasteiger partial charge is 0.316 e. The van der Waals surface area contributed by atoms with Gasteiger partial charge in [0.1, 0.15) is 5.78 Å². The number of ketones is 1. The van der Waals surface area contributed by atoms with Crippen molar-refractivity contribution in [3.05, 3.63) is 34.7 Å². The van der Waals surface area contributed by atoms with Crippen LogP contribution in [0, 0.1) is 0 Å². The lowest BCUT2D eigenvalue weighted by Crippen LogP contribution is -2.17. The molecule has 0 aliphatic carbocycles. The Balaban J connectivity index is 2.50. The summed E-state index contributed by atoms with van der Waals surface area (Å²) in [5, 5.41) is 0. The standard InChI is InChI=1S/C10H13NO2/c1-9(12)5-4-8-11-7-3-2-6-10(11)13/h2-3,6-7H,4-5,8H2,1H3. The Hall–Kier alpha value is -1.38. The van der Waals surface area contributed by atoms with E-state index in [-0.39, 0.29) is 11.3 Å². The van der Waals surface area contributed by atoms with Crippen molar-refractivity contribution in [2.24, 2.45) is 0 Å². The molecule has 0 saturated carbocycles. The van der Waals surface area contributed by atoms with E-state index in [1.165, 1.54) is 6.07 Å². The molecule has 0 amide bonds. The minimum atomic E-state index is -0.00829. The highest BCUT2D eigenvalue weighted by molar-refractivity contribution is 5.75. The molecule has 1 aromatic rings. The maximum absolute atomic E-state index is 11.2. The Morgan fingerprint density at radius 3 is 2.85 bits per heavy atom. The first-order valence-corrected chi connectivity index (χ1v) is 4.35. The van der Waals surface area contributed by atoms with Crippen LogP contribution in [0.3, 0.4) is 0 Å². The van der Waals surface area contributed by atoms with Gasteiger partial charge >= 0.3 is 0 Å². The molecular formula is C10H13NO2. The van der Waals surface area contributed by atoms with E-state index in [4.69, 9.17) is 0 Å². The molecule has 1 aromatic heterocycles. The first-order valence-electron chi connectivity index (χ1n) is 4.35. The highest BCUT2D eigenvalue weighted by Crippen LogP contribution is 1.93. The molecule has 3 heteroatoms. The van der Waals surface area contributed by atoms with Crippen molar-refractivity contribution in [1.29, 1.82) is 0 Å². The zero-order valence-corrected chi connectivity index (χ0v) is 7.69. The minimum absolute atomic E-state index is 0.00829. The smallest absolute Gasteiger partial charge is 0.250 e. The monoisotopic (exact) mass is 179 g/mol. The average molecular weight is 179 g/mol. The Morgan fingerprint density at radius 2 is 2.23 bits per heavy atom. The van der Waals surface area contributed by atoms with E-state index in [9.17, 15) is 9.59 Å². The van der Waals surface area contributed by atoms with Crippen molar-refractivity contribution in [3.8, 4) is 0 Å². The second-order valence-corrected chi connectivity index (χ2v) is 3.04. The number of nitrogens with zero attached hydrogens (tertiary/aromatic N) is 1. The zero-order chi connectivity index (χ0) is 9.68. The van der Waals surface area contributed by atoms with Crippen molar-refractivity contribution in [2.75, 3.05) is 0 Å². The molecule has 0 aliphatic heterocycles. The number of hydrogen-bond acceptors (Lipinski definition) is 2. The van der Waals surface area contributed by atoms with Gasteiger partial charge in [-0.05, 0) is 19.4 Å². The molecule has 0 saturated heterocycles. The lowest BCUT2D eigenvalue weighted by Gasteiger charge is -2.02. The molecule has 0 unspecified atom stereocenters.